The summed E-state index contributed by atoms with van der Waals surface area (Å²) in [6, 6.07) is 9.21. The average Bonchev–Trinajstić information content (AvgIpc) is 2.48. The summed E-state index contributed by atoms with van der Waals surface area (Å²) in [5, 5.41) is 3.58. The zero-order valence-corrected chi connectivity index (χ0v) is 10.8. The van der Waals surface area contributed by atoms with Crippen LogP contribution in [-0.2, 0) is 11.4 Å². The van der Waals surface area contributed by atoms with Crippen LogP contribution in [0.15, 0.2) is 47.6 Å². The second-order valence-corrected chi connectivity index (χ2v) is 4.19. The molecule has 6 heteroatoms. The summed E-state index contributed by atoms with van der Waals surface area (Å²) in [7, 11) is 0. The fourth-order valence-corrected chi connectivity index (χ4v) is 1.59. The van der Waals surface area contributed by atoms with Crippen molar-refractivity contribution >= 4 is 6.21 Å². The summed E-state index contributed by atoms with van der Waals surface area (Å²) in [4.78, 5) is 4.85. The van der Waals surface area contributed by atoms with Crippen molar-refractivity contribution in [2.75, 3.05) is 0 Å². The largest absolute Gasteiger partial charge is 0.391 e. The zero-order valence-electron chi connectivity index (χ0n) is 10.8. The number of halogens is 4. The Morgan fingerprint density at radius 1 is 1.05 bits per heavy atom. The Balaban J connectivity index is 1.92. The molecule has 2 rings (SSSR count). The number of hydrogen-bond acceptors (Lipinski definition) is 2. The lowest BCUT2D eigenvalue weighted by molar-refractivity contribution is 0.129. The smallest absolute Gasteiger partial charge is 0.263 e. The van der Waals surface area contributed by atoms with Gasteiger partial charge < -0.3 is 4.84 Å². The number of benzene rings is 2. The van der Waals surface area contributed by atoms with E-state index in [4.69, 9.17) is 4.84 Å². The van der Waals surface area contributed by atoms with Crippen LogP contribution < -0.4 is 0 Å². The highest BCUT2D eigenvalue weighted by Gasteiger charge is 2.07. The Hall–Kier alpha value is -2.37. The third kappa shape index (κ3) is 4.05. The minimum absolute atomic E-state index is 0.0419. The Kier molecular flexibility index (Phi) is 4.92. The molecule has 21 heavy (non-hydrogen) atoms. The highest BCUT2D eigenvalue weighted by molar-refractivity contribution is 5.79. The van der Waals surface area contributed by atoms with E-state index in [1.165, 1.54) is 42.6 Å². The summed E-state index contributed by atoms with van der Waals surface area (Å²) in [5.74, 6) is -1.93. The highest BCUT2D eigenvalue weighted by Crippen LogP contribution is 2.18. The van der Waals surface area contributed by atoms with Crippen LogP contribution in [0.4, 0.5) is 17.6 Å². The molecule has 0 aliphatic carbocycles. The summed E-state index contributed by atoms with van der Waals surface area (Å²) in [6.07, 6.45) is -1.23. The molecular weight excluding hydrogens is 286 g/mol. The molecular formula is C15H11F4NO. The molecule has 0 heterocycles. The lowest BCUT2D eigenvalue weighted by atomic mass is 10.1. The predicted molar refractivity (Wildman–Crippen MR) is 70.1 cm³/mol. The van der Waals surface area contributed by atoms with Crippen molar-refractivity contribution in [3.05, 3.63) is 70.8 Å². The van der Waals surface area contributed by atoms with Gasteiger partial charge in [0.2, 0.25) is 0 Å². The molecule has 0 aliphatic heterocycles. The molecule has 0 fully saturated rings. The molecule has 0 spiro atoms. The number of nitrogens with zero attached hydrogens (tertiary/aromatic N) is 1. The molecule has 2 aromatic rings. The van der Waals surface area contributed by atoms with Crippen LogP contribution in [0, 0.1) is 11.6 Å². The van der Waals surface area contributed by atoms with Crippen LogP contribution in [0.25, 0.3) is 0 Å². The van der Waals surface area contributed by atoms with Gasteiger partial charge in [-0.25, -0.2) is 17.6 Å². The topological polar surface area (TPSA) is 21.6 Å². The number of alkyl halides is 2. The molecule has 0 saturated carbocycles. The Bertz CT molecular complexity index is 626. The lowest BCUT2D eigenvalue weighted by Crippen LogP contribution is -1.95. The summed E-state index contributed by atoms with van der Waals surface area (Å²) < 4.78 is 50.9. The van der Waals surface area contributed by atoms with Gasteiger partial charge in [-0.2, -0.15) is 0 Å². The molecule has 0 saturated heterocycles. The van der Waals surface area contributed by atoms with Gasteiger partial charge in [0.1, 0.15) is 6.61 Å². The molecule has 0 amide bonds. The molecule has 0 N–H and O–H groups in total. The van der Waals surface area contributed by atoms with Gasteiger partial charge >= 0.3 is 0 Å². The molecule has 0 bridgehead atoms. The third-order valence-corrected chi connectivity index (χ3v) is 2.72. The number of hydrogen-bond donors (Lipinski definition) is 0. The molecule has 0 atom stereocenters. The van der Waals surface area contributed by atoms with E-state index < -0.39 is 18.1 Å². The van der Waals surface area contributed by atoms with Crippen molar-refractivity contribution in [2.24, 2.45) is 5.16 Å². The van der Waals surface area contributed by atoms with Crippen LogP contribution in [0.3, 0.4) is 0 Å². The number of rotatable bonds is 5. The van der Waals surface area contributed by atoms with Crippen molar-refractivity contribution < 1.29 is 22.4 Å². The summed E-state index contributed by atoms with van der Waals surface area (Å²) in [6.45, 7) is -0.227. The van der Waals surface area contributed by atoms with E-state index in [2.05, 4.69) is 5.16 Å². The second-order valence-electron chi connectivity index (χ2n) is 4.19. The fourth-order valence-electron chi connectivity index (χ4n) is 1.59. The van der Waals surface area contributed by atoms with Gasteiger partial charge in [0.05, 0.1) is 6.21 Å². The van der Waals surface area contributed by atoms with Crippen molar-refractivity contribution in [3.63, 3.8) is 0 Å². The van der Waals surface area contributed by atoms with Crippen LogP contribution >= 0.6 is 0 Å². The monoisotopic (exact) mass is 297 g/mol. The first-order valence-electron chi connectivity index (χ1n) is 6.04. The minimum atomic E-state index is -2.52. The standard InChI is InChI=1S/C15H11F4NO/c16-13-3-1-2-12(14(13)17)9-21-20-8-10-4-6-11(7-5-10)15(18)19/h1-8,15H,9H2. The van der Waals surface area contributed by atoms with E-state index in [1.807, 2.05) is 0 Å². The van der Waals surface area contributed by atoms with E-state index >= 15 is 0 Å². The Morgan fingerprint density at radius 3 is 2.43 bits per heavy atom. The van der Waals surface area contributed by atoms with Crippen LogP contribution in [0.1, 0.15) is 23.1 Å². The quantitative estimate of drug-likeness (QED) is 0.454. The van der Waals surface area contributed by atoms with Crippen LogP contribution in [-0.4, -0.2) is 6.21 Å². The predicted octanol–water partition coefficient (Wildman–Crippen LogP) is 4.45. The van der Waals surface area contributed by atoms with Gasteiger partial charge in [0, 0.05) is 11.1 Å². The minimum Gasteiger partial charge on any atom is -0.391 e. The number of oxime groups is 1. The average molecular weight is 297 g/mol. The van der Waals surface area contributed by atoms with Gasteiger partial charge in [-0.3, -0.25) is 0 Å². The summed E-state index contributed by atoms with van der Waals surface area (Å²) in [5.41, 5.74) is 0.509. The van der Waals surface area contributed by atoms with Gasteiger partial charge in [-0.15, -0.1) is 0 Å². The maximum Gasteiger partial charge on any atom is 0.263 e. The first-order valence-corrected chi connectivity index (χ1v) is 6.04. The van der Waals surface area contributed by atoms with Gasteiger partial charge in [-0.05, 0) is 11.6 Å². The maximum absolute atomic E-state index is 13.3. The van der Waals surface area contributed by atoms with Crippen LogP contribution in [0.2, 0.25) is 0 Å². The molecule has 0 aliphatic rings. The molecule has 110 valence electrons. The van der Waals surface area contributed by atoms with Gasteiger partial charge in [0.25, 0.3) is 6.43 Å². The Morgan fingerprint density at radius 2 is 1.76 bits per heavy atom. The van der Waals surface area contributed by atoms with Crippen molar-refractivity contribution in [1.82, 2.24) is 0 Å². The lowest BCUT2D eigenvalue weighted by Gasteiger charge is -2.02. The van der Waals surface area contributed by atoms with Crippen LogP contribution in [0.5, 0.6) is 0 Å². The van der Waals surface area contributed by atoms with E-state index in [-0.39, 0.29) is 17.7 Å². The zero-order chi connectivity index (χ0) is 15.2. The molecule has 2 aromatic carbocycles. The van der Waals surface area contributed by atoms with E-state index in [0.717, 1.165) is 6.07 Å². The van der Waals surface area contributed by atoms with Crippen molar-refractivity contribution in [1.29, 1.82) is 0 Å². The molecule has 2 nitrogen and oxygen atoms in total. The van der Waals surface area contributed by atoms with E-state index in [0.29, 0.717) is 5.56 Å². The van der Waals surface area contributed by atoms with Crippen molar-refractivity contribution in [2.45, 2.75) is 13.0 Å². The van der Waals surface area contributed by atoms with E-state index in [9.17, 15) is 17.6 Å². The molecule has 0 radical (unpaired) electrons. The first-order chi connectivity index (χ1) is 10.1. The van der Waals surface area contributed by atoms with Gasteiger partial charge in [-0.1, -0.05) is 41.6 Å². The first kappa shape index (κ1) is 15.0. The van der Waals surface area contributed by atoms with Crippen molar-refractivity contribution in [3.8, 4) is 0 Å². The molecule has 0 aromatic heterocycles. The normalized spacial score (nSPS) is 11.3. The SMILES string of the molecule is Fc1cccc(CON=Cc2ccc(C(F)F)cc2)c1F. The highest BCUT2D eigenvalue weighted by atomic mass is 19.3. The molecule has 0 unspecified atom stereocenters. The third-order valence-electron chi connectivity index (χ3n) is 2.72. The summed E-state index contributed by atoms with van der Waals surface area (Å²) >= 11 is 0. The second kappa shape index (κ2) is 6.88. The van der Waals surface area contributed by atoms with Gasteiger partial charge in [0.15, 0.2) is 11.6 Å². The Labute approximate surface area is 118 Å². The maximum atomic E-state index is 13.3. The van der Waals surface area contributed by atoms with E-state index in [1.54, 1.807) is 0 Å². The fraction of sp³-hybridized carbons (Fsp3) is 0.133.